The van der Waals surface area contributed by atoms with Crippen LogP contribution in [0.1, 0.15) is 45.0 Å². The molecule has 3 aromatic rings. The standard InChI is InChI=1S/C25H28Br3N5O2/c1-4-32(5-2)12-6-7-16(3)29-25-20-15-18(33(34)35)8-10-23(20)30-24(31-25)11-9-19-21(27)13-17(26)14-22(19)28/h8-11,13-16H,4-7,12H2,1-3H3,(H,29,30,31)/b11-9+. The first kappa shape index (κ1) is 27.7. The average molecular weight is 670 g/mol. The van der Waals surface area contributed by atoms with Gasteiger partial charge in [0.05, 0.1) is 10.4 Å². The Bertz CT molecular complexity index is 1210. The maximum Gasteiger partial charge on any atom is 0.270 e. The van der Waals surface area contributed by atoms with Crippen LogP contribution in [0.2, 0.25) is 0 Å². The molecule has 1 atom stereocenters. The van der Waals surface area contributed by atoms with E-state index in [1.165, 1.54) is 12.1 Å². The van der Waals surface area contributed by atoms with E-state index in [9.17, 15) is 10.1 Å². The number of rotatable bonds is 11. The molecule has 0 radical (unpaired) electrons. The molecule has 0 aliphatic heterocycles. The van der Waals surface area contributed by atoms with Gasteiger partial charge in [-0.25, -0.2) is 9.97 Å². The Hall–Kier alpha value is -1.88. The summed E-state index contributed by atoms with van der Waals surface area (Å²) in [7, 11) is 0. The second-order valence-corrected chi connectivity index (χ2v) is 10.8. The lowest BCUT2D eigenvalue weighted by Gasteiger charge is -2.20. The Morgan fingerprint density at radius 2 is 1.77 bits per heavy atom. The summed E-state index contributed by atoms with van der Waals surface area (Å²) >= 11 is 10.7. The SMILES string of the molecule is CCN(CC)CCCC(C)Nc1nc(/C=C/c2c(Br)cc(Br)cc2Br)nc2ccc([N+](=O)[O-])cc12. The summed E-state index contributed by atoms with van der Waals surface area (Å²) in [4.78, 5) is 22.7. The van der Waals surface area contributed by atoms with E-state index in [0.29, 0.717) is 22.5 Å². The number of nitro groups is 1. The van der Waals surface area contributed by atoms with Crippen LogP contribution < -0.4 is 5.32 Å². The smallest absolute Gasteiger partial charge is 0.270 e. The zero-order valence-corrected chi connectivity index (χ0v) is 24.7. The van der Waals surface area contributed by atoms with E-state index < -0.39 is 4.92 Å². The summed E-state index contributed by atoms with van der Waals surface area (Å²) in [5.41, 5.74) is 1.63. The summed E-state index contributed by atoms with van der Waals surface area (Å²) in [6, 6.07) is 8.77. The van der Waals surface area contributed by atoms with Gasteiger partial charge in [-0.05, 0) is 69.8 Å². The van der Waals surface area contributed by atoms with E-state index in [1.54, 1.807) is 6.07 Å². The number of anilines is 1. The fraction of sp³-hybridized carbons (Fsp3) is 0.360. The zero-order valence-electron chi connectivity index (χ0n) is 19.9. The molecule has 1 unspecified atom stereocenters. The first-order valence-corrected chi connectivity index (χ1v) is 13.9. The van der Waals surface area contributed by atoms with Crippen molar-refractivity contribution in [2.45, 2.75) is 39.7 Å². The highest BCUT2D eigenvalue weighted by Gasteiger charge is 2.15. The maximum absolute atomic E-state index is 11.4. The van der Waals surface area contributed by atoms with E-state index in [4.69, 9.17) is 4.98 Å². The highest BCUT2D eigenvalue weighted by Crippen LogP contribution is 2.32. The van der Waals surface area contributed by atoms with Crippen LogP contribution in [0.3, 0.4) is 0 Å². The van der Waals surface area contributed by atoms with E-state index in [-0.39, 0.29) is 11.7 Å². The second-order valence-electron chi connectivity index (χ2n) is 8.22. The fourth-order valence-electron chi connectivity index (χ4n) is 3.77. The van der Waals surface area contributed by atoms with Crippen LogP contribution >= 0.6 is 47.8 Å². The number of fused-ring (bicyclic) bond motifs is 1. The van der Waals surface area contributed by atoms with Gasteiger partial charge in [-0.15, -0.1) is 0 Å². The Balaban J connectivity index is 1.92. The van der Waals surface area contributed by atoms with Crippen molar-refractivity contribution in [3.63, 3.8) is 0 Å². The van der Waals surface area contributed by atoms with Crippen LogP contribution in [0.5, 0.6) is 0 Å². The first-order chi connectivity index (χ1) is 16.7. The molecule has 0 saturated heterocycles. The Labute approximate surface area is 230 Å². The third-order valence-corrected chi connectivity index (χ3v) is 7.51. The van der Waals surface area contributed by atoms with Crippen molar-refractivity contribution >= 4 is 82.4 Å². The minimum Gasteiger partial charge on any atom is -0.367 e. The van der Waals surface area contributed by atoms with Crippen molar-refractivity contribution in [3.8, 4) is 0 Å². The molecular formula is C25H28Br3N5O2. The molecule has 0 amide bonds. The van der Waals surface area contributed by atoms with Crippen LogP contribution in [-0.2, 0) is 0 Å². The average Bonchev–Trinajstić information content (AvgIpc) is 2.81. The van der Waals surface area contributed by atoms with E-state index >= 15 is 0 Å². The van der Waals surface area contributed by atoms with Crippen molar-refractivity contribution in [2.24, 2.45) is 0 Å². The number of hydrogen-bond acceptors (Lipinski definition) is 6. The lowest BCUT2D eigenvalue weighted by molar-refractivity contribution is -0.384. The van der Waals surface area contributed by atoms with Gasteiger partial charge < -0.3 is 10.2 Å². The van der Waals surface area contributed by atoms with E-state index in [2.05, 4.69) is 83.8 Å². The lowest BCUT2D eigenvalue weighted by atomic mass is 10.1. The molecular weight excluding hydrogens is 642 g/mol. The molecule has 0 aliphatic carbocycles. The number of nitrogens with zero attached hydrogens (tertiary/aromatic N) is 4. The topological polar surface area (TPSA) is 84.2 Å². The second kappa shape index (κ2) is 12.9. The first-order valence-electron chi connectivity index (χ1n) is 11.5. The van der Waals surface area contributed by atoms with Crippen molar-refractivity contribution in [3.05, 3.63) is 65.3 Å². The third-order valence-electron chi connectivity index (χ3n) is 5.74. The summed E-state index contributed by atoms with van der Waals surface area (Å²) in [5.74, 6) is 1.12. The number of nitro benzene ring substituents is 1. The molecule has 35 heavy (non-hydrogen) atoms. The van der Waals surface area contributed by atoms with Gasteiger partial charge in [0.15, 0.2) is 5.82 Å². The van der Waals surface area contributed by atoms with E-state index in [0.717, 1.165) is 51.5 Å². The largest absolute Gasteiger partial charge is 0.367 e. The molecule has 0 fully saturated rings. The molecule has 186 valence electrons. The van der Waals surface area contributed by atoms with Crippen LogP contribution in [0, 0.1) is 10.1 Å². The summed E-state index contributed by atoms with van der Waals surface area (Å²) < 4.78 is 2.80. The van der Waals surface area contributed by atoms with Gasteiger partial charge in [-0.2, -0.15) is 0 Å². The maximum atomic E-state index is 11.4. The highest BCUT2D eigenvalue weighted by molar-refractivity contribution is 9.11. The van der Waals surface area contributed by atoms with E-state index in [1.807, 2.05) is 24.3 Å². The van der Waals surface area contributed by atoms with Crippen molar-refractivity contribution in [2.75, 3.05) is 25.0 Å². The normalized spacial score (nSPS) is 12.5. The van der Waals surface area contributed by atoms with Gasteiger partial charge in [0.1, 0.15) is 5.82 Å². The highest BCUT2D eigenvalue weighted by atomic mass is 79.9. The number of halogens is 3. The van der Waals surface area contributed by atoms with Gasteiger partial charge in [-0.1, -0.05) is 61.6 Å². The summed E-state index contributed by atoms with van der Waals surface area (Å²) in [6.07, 6.45) is 5.79. The minimum atomic E-state index is -0.396. The number of aromatic nitrogens is 2. The van der Waals surface area contributed by atoms with Crippen LogP contribution in [0.15, 0.2) is 43.7 Å². The summed E-state index contributed by atoms with van der Waals surface area (Å²) in [5, 5.41) is 15.5. The van der Waals surface area contributed by atoms with Crippen LogP contribution in [0.25, 0.3) is 23.1 Å². The predicted molar refractivity (Wildman–Crippen MR) is 155 cm³/mol. The Morgan fingerprint density at radius 3 is 2.40 bits per heavy atom. The molecule has 10 heteroatoms. The quantitative estimate of drug-likeness (QED) is 0.165. The molecule has 7 nitrogen and oxygen atoms in total. The van der Waals surface area contributed by atoms with Gasteiger partial charge in [0.25, 0.3) is 5.69 Å². The van der Waals surface area contributed by atoms with Gasteiger partial charge in [0.2, 0.25) is 0 Å². The third kappa shape index (κ3) is 7.55. The predicted octanol–water partition coefficient (Wildman–Crippen LogP) is 7.92. The number of hydrogen-bond donors (Lipinski definition) is 1. The fourth-order valence-corrected chi connectivity index (χ4v) is 6.29. The monoisotopic (exact) mass is 667 g/mol. The molecule has 3 rings (SSSR count). The Kier molecular flexibility index (Phi) is 10.2. The van der Waals surface area contributed by atoms with Crippen molar-refractivity contribution in [1.29, 1.82) is 0 Å². The zero-order chi connectivity index (χ0) is 25.5. The lowest BCUT2D eigenvalue weighted by Crippen LogP contribution is -2.25. The number of benzene rings is 2. The van der Waals surface area contributed by atoms with Crippen LogP contribution in [0.4, 0.5) is 11.5 Å². The molecule has 1 heterocycles. The molecule has 0 spiro atoms. The molecule has 0 aliphatic rings. The molecule has 1 N–H and O–H groups in total. The molecule has 0 saturated carbocycles. The van der Waals surface area contributed by atoms with Crippen LogP contribution in [-0.4, -0.2) is 45.5 Å². The summed E-state index contributed by atoms with van der Waals surface area (Å²) in [6.45, 7) is 9.58. The van der Waals surface area contributed by atoms with Crippen molar-refractivity contribution < 1.29 is 4.92 Å². The van der Waals surface area contributed by atoms with Crippen molar-refractivity contribution in [1.82, 2.24) is 14.9 Å². The molecule has 2 aromatic carbocycles. The van der Waals surface area contributed by atoms with Gasteiger partial charge >= 0.3 is 0 Å². The number of nitrogens with one attached hydrogen (secondary N) is 1. The van der Waals surface area contributed by atoms with Gasteiger partial charge in [0, 0.05) is 42.5 Å². The number of non-ortho nitro benzene ring substituents is 1. The minimum absolute atomic E-state index is 0.0179. The Morgan fingerprint density at radius 1 is 1.09 bits per heavy atom. The molecule has 1 aromatic heterocycles. The molecule has 0 bridgehead atoms. The van der Waals surface area contributed by atoms with Gasteiger partial charge in [-0.3, -0.25) is 10.1 Å².